The second-order valence-electron chi connectivity index (χ2n) is 8.03. The Kier molecular flexibility index (Phi) is 6.65. The summed E-state index contributed by atoms with van der Waals surface area (Å²) in [5.41, 5.74) is 7.82. The summed E-state index contributed by atoms with van der Waals surface area (Å²) in [5.74, 6) is 0. The van der Waals surface area contributed by atoms with Crippen LogP contribution in [0.5, 0.6) is 10.1 Å². The lowest BCUT2D eigenvalue weighted by Crippen LogP contribution is -1.94. The van der Waals surface area contributed by atoms with E-state index < -0.39 is 0 Å². The molecule has 0 bridgehead atoms. The fraction of sp³-hybridized carbons (Fsp3) is 0.241. The van der Waals surface area contributed by atoms with Gasteiger partial charge in [0.15, 0.2) is 10.1 Å². The number of benzene rings is 2. The molecule has 4 heteroatoms. The third-order valence-electron chi connectivity index (χ3n) is 5.93. The van der Waals surface area contributed by atoms with Crippen molar-refractivity contribution in [1.29, 1.82) is 0 Å². The molecule has 0 aliphatic heterocycles. The molecule has 2 heterocycles. The van der Waals surface area contributed by atoms with Gasteiger partial charge < -0.3 is 9.47 Å². The molecule has 0 amide bonds. The fourth-order valence-electron chi connectivity index (χ4n) is 4.47. The standard InChI is InChI=1S/C29H28O2S2/c1-3-30-28-24(18-26(32-28)20-12-7-5-8-13-20)22-16-11-17-23(22)25-19-27(33-29(25)31-4-2)21-14-9-6-10-15-21/h5-10,12-15,18-19H,3-4,11,16-17H2,1-2H3. The van der Waals surface area contributed by atoms with E-state index in [1.54, 1.807) is 22.7 Å². The van der Waals surface area contributed by atoms with Crippen molar-refractivity contribution in [3.8, 4) is 31.0 Å². The lowest BCUT2D eigenvalue weighted by atomic mass is 9.98. The number of allylic oxidation sites excluding steroid dienone is 2. The third-order valence-corrected chi connectivity index (χ3v) is 8.12. The van der Waals surface area contributed by atoms with Gasteiger partial charge in [0.1, 0.15) is 0 Å². The van der Waals surface area contributed by atoms with Gasteiger partial charge in [-0.05, 0) is 67.5 Å². The molecule has 5 rings (SSSR count). The first-order chi connectivity index (χ1) is 16.3. The van der Waals surface area contributed by atoms with E-state index in [0.717, 1.165) is 29.4 Å². The minimum Gasteiger partial charge on any atom is -0.484 e. The second-order valence-corrected chi connectivity index (χ2v) is 10.1. The van der Waals surface area contributed by atoms with E-state index in [1.165, 1.54) is 43.2 Å². The largest absolute Gasteiger partial charge is 0.484 e. The molecule has 0 N–H and O–H groups in total. The molecule has 0 unspecified atom stereocenters. The Balaban J connectivity index is 1.62. The molecule has 0 radical (unpaired) electrons. The molecule has 0 atom stereocenters. The Hall–Kier alpha value is -2.82. The van der Waals surface area contributed by atoms with Crippen molar-refractivity contribution >= 4 is 33.8 Å². The van der Waals surface area contributed by atoms with Crippen molar-refractivity contribution in [1.82, 2.24) is 0 Å². The van der Waals surface area contributed by atoms with Crippen LogP contribution in [0.25, 0.3) is 32.0 Å². The molecular formula is C29H28O2S2. The second kappa shape index (κ2) is 9.98. The van der Waals surface area contributed by atoms with Gasteiger partial charge in [0.05, 0.1) is 13.2 Å². The van der Waals surface area contributed by atoms with Gasteiger partial charge in [-0.2, -0.15) is 0 Å². The molecule has 2 nitrogen and oxygen atoms in total. The van der Waals surface area contributed by atoms with E-state index in [-0.39, 0.29) is 0 Å². The van der Waals surface area contributed by atoms with Crippen LogP contribution in [0.1, 0.15) is 44.2 Å². The highest BCUT2D eigenvalue weighted by Crippen LogP contribution is 2.51. The SMILES string of the molecule is CCOc1sc(-c2ccccc2)cc1C1=C(c2cc(-c3ccccc3)sc2OCC)CCC1. The van der Waals surface area contributed by atoms with Crippen LogP contribution in [0.4, 0.5) is 0 Å². The van der Waals surface area contributed by atoms with Crippen LogP contribution in [0.2, 0.25) is 0 Å². The minimum atomic E-state index is 0.672. The third kappa shape index (κ3) is 4.50. The molecule has 1 aliphatic carbocycles. The molecule has 4 aromatic rings. The maximum Gasteiger partial charge on any atom is 0.181 e. The lowest BCUT2D eigenvalue weighted by molar-refractivity contribution is 0.349. The highest BCUT2D eigenvalue weighted by Gasteiger charge is 2.26. The molecule has 0 fully saturated rings. The summed E-state index contributed by atoms with van der Waals surface area (Å²) in [6.07, 6.45) is 3.31. The van der Waals surface area contributed by atoms with Crippen molar-refractivity contribution in [2.75, 3.05) is 13.2 Å². The normalized spacial score (nSPS) is 13.5. The summed E-state index contributed by atoms with van der Waals surface area (Å²) in [4.78, 5) is 2.52. The molecule has 168 valence electrons. The summed E-state index contributed by atoms with van der Waals surface area (Å²) in [6.45, 7) is 5.47. The molecule has 0 saturated carbocycles. The number of rotatable bonds is 8. The van der Waals surface area contributed by atoms with E-state index >= 15 is 0 Å². The van der Waals surface area contributed by atoms with Crippen LogP contribution in [-0.2, 0) is 0 Å². The zero-order valence-corrected chi connectivity index (χ0v) is 20.7. The Labute approximate surface area is 204 Å². The summed E-state index contributed by atoms with van der Waals surface area (Å²) in [6, 6.07) is 25.9. The van der Waals surface area contributed by atoms with Gasteiger partial charge in [0.25, 0.3) is 0 Å². The van der Waals surface area contributed by atoms with Crippen LogP contribution in [0.3, 0.4) is 0 Å². The smallest absolute Gasteiger partial charge is 0.181 e. The van der Waals surface area contributed by atoms with Crippen molar-refractivity contribution in [2.45, 2.75) is 33.1 Å². The van der Waals surface area contributed by atoms with Crippen molar-refractivity contribution in [3.05, 3.63) is 83.9 Å². The monoisotopic (exact) mass is 472 g/mol. The first-order valence-corrected chi connectivity index (χ1v) is 13.3. The highest BCUT2D eigenvalue weighted by atomic mass is 32.1. The predicted molar refractivity (Wildman–Crippen MR) is 143 cm³/mol. The quantitative estimate of drug-likeness (QED) is 0.255. The molecule has 2 aromatic carbocycles. The Bertz CT molecular complexity index is 1150. The predicted octanol–water partition coefficient (Wildman–Crippen LogP) is 9.04. The molecule has 1 aliphatic rings. The van der Waals surface area contributed by atoms with Crippen LogP contribution in [0.15, 0.2) is 72.8 Å². The van der Waals surface area contributed by atoms with Crippen LogP contribution in [0, 0.1) is 0 Å². The number of hydrogen-bond acceptors (Lipinski definition) is 4. The maximum atomic E-state index is 6.14. The van der Waals surface area contributed by atoms with Gasteiger partial charge in [-0.3, -0.25) is 0 Å². The zero-order chi connectivity index (χ0) is 22.6. The van der Waals surface area contributed by atoms with Crippen LogP contribution >= 0.6 is 22.7 Å². The fourth-order valence-corrected chi connectivity index (χ4v) is 6.67. The van der Waals surface area contributed by atoms with Gasteiger partial charge in [-0.1, -0.05) is 83.3 Å². The topological polar surface area (TPSA) is 18.5 Å². The minimum absolute atomic E-state index is 0.672. The molecule has 2 aromatic heterocycles. The number of hydrogen-bond donors (Lipinski definition) is 0. The van der Waals surface area contributed by atoms with Crippen molar-refractivity contribution < 1.29 is 9.47 Å². The van der Waals surface area contributed by atoms with Gasteiger partial charge in [-0.15, -0.1) is 0 Å². The zero-order valence-electron chi connectivity index (χ0n) is 19.1. The molecule has 33 heavy (non-hydrogen) atoms. The maximum absolute atomic E-state index is 6.14. The van der Waals surface area contributed by atoms with Crippen LogP contribution in [-0.4, -0.2) is 13.2 Å². The van der Waals surface area contributed by atoms with E-state index in [1.807, 2.05) is 0 Å². The summed E-state index contributed by atoms with van der Waals surface area (Å²) in [5, 5.41) is 2.06. The van der Waals surface area contributed by atoms with E-state index in [9.17, 15) is 0 Å². The van der Waals surface area contributed by atoms with Crippen molar-refractivity contribution in [3.63, 3.8) is 0 Å². The highest BCUT2D eigenvalue weighted by molar-refractivity contribution is 7.18. The first kappa shape index (κ1) is 22.0. The summed E-state index contributed by atoms with van der Waals surface area (Å²) in [7, 11) is 0. The number of ether oxygens (including phenoxy) is 2. The average Bonchev–Trinajstić information content (AvgIpc) is 3.59. The van der Waals surface area contributed by atoms with E-state index in [2.05, 4.69) is 86.6 Å². The van der Waals surface area contributed by atoms with Gasteiger partial charge in [0.2, 0.25) is 0 Å². The Morgan fingerprint density at radius 2 is 1.06 bits per heavy atom. The van der Waals surface area contributed by atoms with Gasteiger partial charge in [0, 0.05) is 20.9 Å². The van der Waals surface area contributed by atoms with Crippen molar-refractivity contribution in [2.24, 2.45) is 0 Å². The lowest BCUT2D eigenvalue weighted by Gasteiger charge is -2.10. The molecular weight excluding hydrogens is 444 g/mol. The van der Waals surface area contributed by atoms with Crippen LogP contribution < -0.4 is 9.47 Å². The molecule has 0 spiro atoms. The first-order valence-electron chi connectivity index (χ1n) is 11.6. The summed E-state index contributed by atoms with van der Waals surface area (Å²) >= 11 is 3.51. The Morgan fingerprint density at radius 1 is 0.636 bits per heavy atom. The number of thiophene rings is 2. The molecule has 0 saturated heterocycles. The van der Waals surface area contributed by atoms with E-state index in [0.29, 0.717) is 13.2 Å². The average molecular weight is 473 g/mol. The van der Waals surface area contributed by atoms with Gasteiger partial charge >= 0.3 is 0 Å². The Morgan fingerprint density at radius 3 is 1.45 bits per heavy atom. The summed E-state index contributed by atoms with van der Waals surface area (Å²) < 4.78 is 12.3. The van der Waals surface area contributed by atoms with Gasteiger partial charge in [-0.25, -0.2) is 0 Å². The van der Waals surface area contributed by atoms with E-state index in [4.69, 9.17) is 9.47 Å².